The van der Waals surface area contributed by atoms with E-state index in [-0.39, 0.29) is 0 Å². The number of nitrogens with one attached hydrogen (secondary N) is 1. The molecule has 30 heavy (non-hydrogen) atoms. The summed E-state index contributed by atoms with van der Waals surface area (Å²) in [5, 5.41) is 8.58. The van der Waals surface area contributed by atoms with Crippen LogP contribution in [0, 0.1) is 0 Å². The number of rotatable bonds is 4. The number of pyridine rings is 1. The first-order valence-corrected chi connectivity index (χ1v) is 11.2. The van der Waals surface area contributed by atoms with Crippen LogP contribution in [0.15, 0.2) is 36.7 Å². The van der Waals surface area contributed by atoms with Gasteiger partial charge in [-0.05, 0) is 76.6 Å². The van der Waals surface area contributed by atoms with Crippen molar-refractivity contribution >= 4 is 39.9 Å². The molecule has 0 spiro atoms. The summed E-state index contributed by atoms with van der Waals surface area (Å²) >= 11 is 2.22. The van der Waals surface area contributed by atoms with E-state index in [1.165, 1.54) is 29.4 Å². The number of fused-ring (bicyclic) bond motifs is 1. The van der Waals surface area contributed by atoms with Crippen LogP contribution in [-0.4, -0.2) is 24.7 Å². The molecule has 0 saturated heterocycles. The van der Waals surface area contributed by atoms with Crippen LogP contribution >= 0.6 is 22.9 Å². The van der Waals surface area contributed by atoms with Gasteiger partial charge in [0.2, 0.25) is 0 Å². The average Bonchev–Trinajstić information content (AvgIpc) is 3.42. The van der Waals surface area contributed by atoms with Gasteiger partial charge in [-0.15, -0.1) is 0 Å². The third-order valence-electron chi connectivity index (χ3n) is 5.31. The quantitative estimate of drug-likeness (QED) is 0.435. The van der Waals surface area contributed by atoms with E-state index < -0.39 is 17.2 Å². The van der Waals surface area contributed by atoms with Crippen molar-refractivity contribution in [1.29, 1.82) is 0 Å². The molecule has 1 aromatic carbocycles. The van der Waals surface area contributed by atoms with Crippen LogP contribution in [0.5, 0.6) is 0 Å². The number of aromatic nitrogens is 3. The molecular weight excluding hydrogens is 491 g/mol. The average molecular weight is 518 g/mol. The number of hydrogen-bond acceptors (Lipinski definition) is 4. The Balaban J connectivity index is 1.63. The number of ether oxygens (including phenoxy) is 1. The number of carbonyl (C=O) groups excluding carboxylic acids is 1. The lowest BCUT2D eigenvalue weighted by Gasteiger charge is -2.29. The number of benzene rings is 1. The fraction of sp³-hybridized carbons (Fsp3) is 0.435. The maximum absolute atomic E-state index is 12.2. The molecule has 1 amide bonds. The first-order valence-electron chi connectivity index (χ1n) is 10.2. The van der Waals surface area contributed by atoms with Crippen molar-refractivity contribution in [3.05, 3.63) is 47.8 Å². The van der Waals surface area contributed by atoms with E-state index in [1.54, 1.807) is 0 Å². The lowest BCUT2D eigenvalue weighted by Crippen LogP contribution is -2.43. The molecule has 1 aliphatic carbocycles. The van der Waals surface area contributed by atoms with Gasteiger partial charge in [0.1, 0.15) is 5.60 Å². The SMILES string of the molecule is CC(C)(C)OC(=O)NC(C)(C)c1ccc(-c2ccc3c(cnn3I)c2C2CC2)nc1. The molecule has 1 saturated carbocycles. The third kappa shape index (κ3) is 4.31. The lowest BCUT2D eigenvalue weighted by molar-refractivity contribution is 0.0470. The number of hydrogen-bond donors (Lipinski definition) is 1. The molecule has 1 fully saturated rings. The van der Waals surface area contributed by atoms with E-state index in [4.69, 9.17) is 9.72 Å². The van der Waals surface area contributed by atoms with Crippen LogP contribution in [0.3, 0.4) is 0 Å². The highest BCUT2D eigenvalue weighted by molar-refractivity contribution is 14.1. The zero-order valence-corrected chi connectivity index (χ0v) is 20.1. The summed E-state index contributed by atoms with van der Waals surface area (Å²) in [6.45, 7) is 9.46. The van der Waals surface area contributed by atoms with E-state index in [1.807, 2.05) is 62.0 Å². The summed E-state index contributed by atoms with van der Waals surface area (Å²) in [7, 11) is 0. The summed E-state index contributed by atoms with van der Waals surface area (Å²) in [6, 6.07) is 8.33. The summed E-state index contributed by atoms with van der Waals surface area (Å²) in [5.74, 6) is 0.580. The Bertz CT molecular complexity index is 1090. The van der Waals surface area contributed by atoms with Crippen LogP contribution in [0.4, 0.5) is 4.79 Å². The predicted octanol–water partition coefficient (Wildman–Crippen LogP) is 5.93. The highest BCUT2D eigenvalue weighted by Gasteiger charge is 2.30. The smallest absolute Gasteiger partial charge is 0.408 e. The van der Waals surface area contributed by atoms with Gasteiger partial charge in [0.15, 0.2) is 0 Å². The highest BCUT2D eigenvalue weighted by atomic mass is 127. The van der Waals surface area contributed by atoms with Crippen molar-refractivity contribution in [2.24, 2.45) is 0 Å². The predicted molar refractivity (Wildman–Crippen MR) is 127 cm³/mol. The normalized spacial score (nSPS) is 14.7. The van der Waals surface area contributed by atoms with Gasteiger partial charge in [0.05, 0.1) is 45.8 Å². The van der Waals surface area contributed by atoms with Crippen LogP contribution in [0.25, 0.3) is 22.2 Å². The number of nitrogens with zero attached hydrogens (tertiary/aromatic N) is 3. The molecule has 1 N–H and O–H groups in total. The minimum absolute atomic E-state index is 0.436. The molecule has 1 aliphatic rings. The second-order valence-corrected chi connectivity index (χ2v) is 10.3. The maximum atomic E-state index is 12.2. The summed E-state index contributed by atoms with van der Waals surface area (Å²) in [4.78, 5) is 17.0. The number of alkyl carbamates (subject to hydrolysis) is 1. The van der Waals surface area contributed by atoms with Crippen LogP contribution in [0.1, 0.15) is 64.5 Å². The van der Waals surface area contributed by atoms with Crippen molar-refractivity contribution in [3.63, 3.8) is 0 Å². The molecule has 0 unspecified atom stereocenters. The molecule has 4 rings (SSSR count). The monoisotopic (exact) mass is 518 g/mol. The lowest BCUT2D eigenvalue weighted by atomic mass is 9.93. The van der Waals surface area contributed by atoms with Gasteiger partial charge < -0.3 is 10.1 Å². The van der Waals surface area contributed by atoms with Crippen molar-refractivity contribution in [2.75, 3.05) is 0 Å². The second kappa shape index (κ2) is 7.51. The Kier molecular flexibility index (Phi) is 5.28. The molecule has 0 aliphatic heterocycles. The van der Waals surface area contributed by atoms with Gasteiger partial charge in [-0.3, -0.25) is 4.98 Å². The Morgan fingerprint density at radius 2 is 1.87 bits per heavy atom. The second-order valence-electron chi connectivity index (χ2n) is 9.42. The van der Waals surface area contributed by atoms with Crippen molar-refractivity contribution in [1.82, 2.24) is 18.3 Å². The van der Waals surface area contributed by atoms with E-state index in [9.17, 15) is 4.79 Å². The summed E-state index contributed by atoms with van der Waals surface area (Å²) in [5.41, 5.74) is 4.38. The number of carbonyl (C=O) groups is 1. The first kappa shape index (κ1) is 21.1. The molecule has 158 valence electrons. The van der Waals surface area contributed by atoms with E-state index >= 15 is 0 Å². The largest absolute Gasteiger partial charge is 0.444 e. The molecule has 0 atom stereocenters. The van der Waals surface area contributed by atoms with Crippen LogP contribution in [0.2, 0.25) is 0 Å². The zero-order valence-electron chi connectivity index (χ0n) is 18.0. The van der Waals surface area contributed by atoms with Crippen LogP contribution in [-0.2, 0) is 10.3 Å². The first-order chi connectivity index (χ1) is 14.0. The minimum Gasteiger partial charge on any atom is -0.444 e. The number of halogens is 1. The Labute approximate surface area is 190 Å². The van der Waals surface area contributed by atoms with Crippen LogP contribution < -0.4 is 5.32 Å². The van der Waals surface area contributed by atoms with Crippen molar-refractivity contribution in [3.8, 4) is 11.3 Å². The van der Waals surface area contributed by atoms with Gasteiger partial charge in [-0.1, -0.05) is 12.1 Å². The fourth-order valence-electron chi connectivity index (χ4n) is 3.68. The van der Waals surface area contributed by atoms with Crippen molar-refractivity contribution < 1.29 is 9.53 Å². The molecule has 7 heteroatoms. The molecule has 2 heterocycles. The molecule has 0 bridgehead atoms. The Morgan fingerprint density at radius 1 is 1.13 bits per heavy atom. The molecule has 3 aromatic rings. The van der Waals surface area contributed by atoms with E-state index in [2.05, 4.69) is 45.4 Å². The molecule has 6 nitrogen and oxygen atoms in total. The van der Waals surface area contributed by atoms with E-state index in [0.29, 0.717) is 5.92 Å². The minimum atomic E-state index is -0.598. The van der Waals surface area contributed by atoms with E-state index in [0.717, 1.165) is 16.8 Å². The highest BCUT2D eigenvalue weighted by Crippen LogP contribution is 2.47. The van der Waals surface area contributed by atoms with Gasteiger partial charge in [-0.2, -0.15) is 5.10 Å². The molecule has 0 radical (unpaired) electrons. The summed E-state index contributed by atoms with van der Waals surface area (Å²) in [6.07, 6.45) is 5.79. The van der Waals surface area contributed by atoms with Gasteiger partial charge in [0.25, 0.3) is 0 Å². The van der Waals surface area contributed by atoms with Gasteiger partial charge in [0, 0.05) is 17.1 Å². The van der Waals surface area contributed by atoms with Gasteiger partial charge >= 0.3 is 6.09 Å². The Hall–Kier alpha value is -2.16. The number of amides is 1. The van der Waals surface area contributed by atoms with Crippen molar-refractivity contribution in [2.45, 2.75) is 64.5 Å². The zero-order chi connectivity index (χ0) is 21.7. The third-order valence-corrected chi connectivity index (χ3v) is 6.08. The maximum Gasteiger partial charge on any atom is 0.408 e. The topological polar surface area (TPSA) is 69.0 Å². The van der Waals surface area contributed by atoms with Gasteiger partial charge in [-0.25, -0.2) is 7.69 Å². The molecule has 2 aromatic heterocycles. The summed E-state index contributed by atoms with van der Waals surface area (Å²) < 4.78 is 7.29. The fourth-order valence-corrected chi connectivity index (χ4v) is 4.23. The molecular formula is C23H27IN4O2. The standard InChI is InChI=1S/C23H27IN4O2/c1-22(2,3)30-21(29)27-23(4,5)15-8-10-18(25-12-15)16-9-11-19-17(13-26-28(19)24)20(16)14-6-7-14/h8-14H,6-7H2,1-5H3,(H,27,29). The Morgan fingerprint density at radius 3 is 2.47 bits per heavy atom.